The maximum absolute atomic E-state index is 13.5. The summed E-state index contributed by atoms with van der Waals surface area (Å²) in [4.78, 5) is 11.5. The molecule has 0 unspecified atom stereocenters. The van der Waals surface area contributed by atoms with Crippen LogP contribution >= 0.6 is 27.7 Å². The molecule has 0 aliphatic heterocycles. The van der Waals surface area contributed by atoms with Crippen LogP contribution < -0.4 is 0 Å². The van der Waals surface area contributed by atoms with Crippen molar-refractivity contribution in [2.75, 3.05) is 0 Å². The van der Waals surface area contributed by atoms with Crippen LogP contribution in [0, 0.1) is 11.6 Å². The number of aromatic carboxylic acids is 1. The molecule has 2 aromatic carbocycles. The summed E-state index contributed by atoms with van der Waals surface area (Å²) in [5.74, 6) is -2.29. The highest BCUT2D eigenvalue weighted by Crippen LogP contribution is 2.34. The topological polar surface area (TPSA) is 37.3 Å². The van der Waals surface area contributed by atoms with E-state index in [9.17, 15) is 13.6 Å². The van der Waals surface area contributed by atoms with E-state index in [2.05, 4.69) is 15.9 Å². The fourth-order valence-corrected chi connectivity index (χ4v) is 2.97. The minimum absolute atomic E-state index is 0.0388. The van der Waals surface area contributed by atoms with Crippen molar-refractivity contribution >= 4 is 33.7 Å². The zero-order valence-electron chi connectivity index (χ0n) is 9.36. The van der Waals surface area contributed by atoms with Crippen molar-refractivity contribution in [1.29, 1.82) is 0 Å². The van der Waals surface area contributed by atoms with Gasteiger partial charge in [0.15, 0.2) is 0 Å². The molecule has 0 saturated heterocycles. The van der Waals surface area contributed by atoms with Crippen LogP contribution in [0.15, 0.2) is 50.7 Å². The first-order valence-corrected chi connectivity index (χ1v) is 6.74. The van der Waals surface area contributed by atoms with Gasteiger partial charge in [0, 0.05) is 9.37 Å². The van der Waals surface area contributed by atoms with Crippen molar-refractivity contribution < 1.29 is 18.7 Å². The molecule has 1 N–H and O–H groups in total. The van der Waals surface area contributed by atoms with Crippen LogP contribution in [-0.4, -0.2) is 11.1 Å². The van der Waals surface area contributed by atoms with Crippen LogP contribution in [0.1, 0.15) is 10.4 Å². The number of carbonyl (C=O) groups is 1. The highest BCUT2D eigenvalue weighted by atomic mass is 79.9. The van der Waals surface area contributed by atoms with E-state index in [-0.39, 0.29) is 10.5 Å². The molecule has 2 nitrogen and oxygen atoms in total. The van der Waals surface area contributed by atoms with E-state index in [0.29, 0.717) is 9.37 Å². The number of benzene rings is 2. The summed E-state index contributed by atoms with van der Waals surface area (Å²) < 4.78 is 27.3. The predicted octanol–water partition coefficient (Wildman–Crippen LogP) is 4.58. The molecule has 0 heterocycles. The molecule has 19 heavy (non-hydrogen) atoms. The number of halogens is 3. The lowest BCUT2D eigenvalue weighted by atomic mass is 10.2. The Morgan fingerprint density at radius 1 is 1.11 bits per heavy atom. The second-order valence-electron chi connectivity index (χ2n) is 3.62. The van der Waals surface area contributed by atoms with Gasteiger partial charge in [0.2, 0.25) is 0 Å². The van der Waals surface area contributed by atoms with E-state index >= 15 is 0 Å². The average molecular weight is 345 g/mol. The number of carboxylic acid groups (broad SMARTS) is 1. The lowest BCUT2D eigenvalue weighted by molar-refractivity contribution is 0.0693. The fraction of sp³-hybridized carbons (Fsp3) is 0. The van der Waals surface area contributed by atoms with Gasteiger partial charge in [-0.15, -0.1) is 0 Å². The molecule has 2 aromatic rings. The van der Waals surface area contributed by atoms with Crippen molar-refractivity contribution in [3.63, 3.8) is 0 Å². The fourth-order valence-electron chi connectivity index (χ4n) is 1.43. The second-order valence-corrected chi connectivity index (χ2v) is 5.62. The van der Waals surface area contributed by atoms with Crippen LogP contribution in [0.5, 0.6) is 0 Å². The number of rotatable bonds is 3. The monoisotopic (exact) mass is 344 g/mol. The molecule has 98 valence electrons. The molecule has 0 aromatic heterocycles. The molecular weight excluding hydrogens is 338 g/mol. The first kappa shape index (κ1) is 14.0. The molecule has 0 radical (unpaired) electrons. The van der Waals surface area contributed by atoms with Crippen LogP contribution in [0.25, 0.3) is 0 Å². The summed E-state index contributed by atoms with van der Waals surface area (Å²) in [5.41, 5.74) is 0.0388. The van der Waals surface area contributed by atoms with Crippen molar-refractivity contribution in [3.8, 4) is 0 Å². The van der Waals surface area contributed by atoms with Gasteiger partial charge >= 0.3 is 5.97 Å². The number of carboxylic acids is 1. The number of hydrogen-bond acceptors (Lipinski definition) is 2. The summed E-state index contributed by atoms with van der Waals surface area (Å²) in [7, 11) is 0. The largest absolute Gasteiger partial charge is 0.478 e. The van der Waals surface area contributed by atoms with Gasteiger partial charge in [0.1, 0.15) is 11.6 Å². The minimum atomic E-state index is -1.12. The van der Waals surface area contributed by atoms with Crippen molar-refractivity contribution in [3.05, 3.63) is 58.1 Å². The standard InChI is InChI=1S/C13H7BrF2O2S/c14-7-1-3-9(13(17)18)11(5-7)19-12-6-8(15)2-4-10(12)16/h1-6H,(H,17,18). The van der Waals surface area contributed by atoms with Gasteiger partial charge in [-0.1, -0.05) is 27.7 Å². The highest BCUT2D eigenvalue weighted by Gasteiger charge is 2.14. The maximum Gasteiger partial charge on any atom is 0.336 e. The molecular formula is C13H7BrF2O2S. The van der Waals surface area contributed by atoms with Gasteiger partial charge in [-0.3, -0.25) is 0 Å². The van der Waals surface area contributed by atoms with Crippen molar-refractivity contribution in [2.24, 2.45) is 0 Å². The molecule has 2 rings (SSSR count). The zero-order chi connectivity index (χ0) is 14.0. The van der Waals surface area contributed by atoms with E-state index in [0.717, 1.165) is 30.0 Å². The minimum Gasteiger partial charge on any atom is -0.478 e. The van der Waals surface area contributed by atoms with Gasteiger partial charge < -0.3 is 5.11 Å². The molecule has 6 heteroatoms. The summed E-state index contributed by atoms with van der Waals surface area (Å²) in [5, 5.41) is 9.06. The number of hydrogen-bond donors (Lipinski definition) is 1. The van der Waals surface area contributed by atoms with Crippen LogP contribution in [0.3, 0.4) is 0 Å². The third-order valence-electron chi connectivity index (χ3n) is 2.29. The van der Waals surface area contributed by atoms with Gasteiger partial charge in [0.25, 0.3) is 0 Å². The van der Waals surface area contributed by atoms with Gasteiger partial charge in [-0.2, -0.15) is 0 Å². The second kappa shape index (κ2) is 5.71. The third-order valence-corrected chi connectivity index (χ3v) is 3.87. The molecule has 0 amide bonds. The molecule has 0 atom stereocenters. The van der Waals surface area contributed by atoms with E-state index in [1.54, 1.807) is 12.1 Å². The summed E-state index contributed by atoms with van der Waals surface area (Å²) in [6.07, 6.45) is 0. The van der Waals surface area contributed by atoms with E-state index in [1.807, 2.05) is 0 Å². The Morgan fingerprint density at radius 2 is 1.84 bits per heavy atom. The Hall–Kier alpha value is -1.40. The maximum atomic E-state index is 13.5. The molecule has 0 bridgehead atoms. The lowest BCUT2D eigenvalue weighted by Crippen LogP contribution is -1.98. The first-order valence-electron chi connectivity index (χ1n) is 5.13. The van der Waals surface area contributed by atoms with E-state index in [4.69, 9.17) is 5.11 Å². The van der Waals surface area contributed by atoms with E-state index < -0.39 is 17.6 Å². The molecule has 0 fully saturated rings. The summed E-state index contributed by atoms with van der Waals surface area (Å²) in [6, 6.07) is 7.60. The Kier molecular flexibility index (Phi) is 4.21. The van der Waals surface area contributed by atoms with Gasteiger partial charge in [-0.25, -0.2) is 13.6 Å². The summed E-state index contributed by atoms with van der Waals surface area (Å²) in [6.45, 7) is 0. The molecule has 0 aliphatic rings. The SMILES string of the molecule is O=C(O)c1ccc(Br)cc1Sc1cc(F)ccc1F. The average Bonchev–Trinajstić information content (AvgIpc) is 2.33. The molecule has 0 saturated carbocycles. The predicted molar refractivity (Wildman–Crippen MR) is 71.6 cm³/mol. The van der Waals surface area contributed by atoms with Crippen LogP contribution in [-0.2, 0) is 0 Å². The Bertz CT molecular complexity index is 647. The Morgan fingerprint density at radius 3 is 2.53 bits per heavy atom. The lowest BCUT2D eigenvalue weighted by Gasteiger charge is -2.07. The van der Waals surface area contributed by atoms with Crippen molar-refractivity contribution in [2.45, 2.75) is 9.79 Å². The molecule has 0 aliphatic carbocycles. The third kappa shape index (κ3) is 3.33. The van der Waals surface area contributed by atoms with Crippen LogP contribution in [0.4, 0.5) is 8.78 Å². The normalized spacial score (nSPS) is 10.5. The quantitative estimate of drug-likeness (QED) is 0.885. The van der Waals surface area contributed by atoms with E-state index in [1.165, 1.54) is 6.07 Å². The Balaban J connectivity index is 2.45. The van der Waals surface area contributed by atoms with Crippen molar-refractivity contribution in [1.82, 2.24) is 0 Å². The van der Waals surface area contributed by atoms with Gasteiger partial charge in [-0.05, 0) is 36.4 Å². The van der Waals surface area contributed by atoms with Crippen LogP contribution in [0.2, 0.25) is 0 Å². The zero-order valence-corrected chi connectivity index (χ0v) is 11.8. The smallest absolute Gasteiger partial charge is 0.336 e. The Labute approximate surface area is 120 Å². The van der Waals surface area contributed by atoms with Gasteiger partial charge in [0.05, 0.1) is 10.5 Å². The first-order chi connectivity index (χ1) is 8.97. The molecule has 0 spiro atoms. The summed E-state index contributed by atoms with van der Waals surface area (Å²) >= 11 is 4.09. The highest BCUT2D eigenvalue weighted by molar-refractivity contribution is 9.10.